The van der Waals surface area contributed by atoms with Gasteiger partial charge in [0.05, 0.1) is 18.1 Å². The molecule has 2 heterocycles. The molecule has 1 fully saturated rings. The van der Waals surface area contributed by atoms with Gasteiger partial charge in [0.25, 0.3) is 0 Å². The lowest BCUT2D eigenvalue weighted by Crippen LogP contribution is -2.14. The van der Waals surface area contributed by atoms with Crippen LogP contribution in [0.2, 0.25) is 0 Å². The largest absolute Gasteiger partial charge is 0.477 e. The highest BCUT2D eigenvalue weighted by atomic mass is 32.2. The Balaban J connectivity index is 1.89. The molecule has 1 unspecified atom stereocenters. The summed E-state index contributed by atoms with van der Waals surface area (Å²) in [6, 6.07) is 5.56. The van der Waals surface area contributed by atoms with E-state index in [1.807, 2.05) is 19.1 Å². The van der Waals surface area contributed by atoms with Gasteiger partial charge in [-0.05, 0) is 19.4 Å². The van der Waals surface area contributed by atoms with Gasteiger partial charge in [0.2, 0.25) is 5.88 Å². The number of hydrogen-bond acceptors (Lipinski definition) is 4. The van der Waals surface area contributed by atoms with E-state index in [-0.39, 0.29) is 11.7 Å². The summed E-state index contributed by atoms with van der Waals surface area (Å²) < 4.78 is 28.0. The third-order valence-electron chi connectivity index (χ3n) is 2.66. The van der Waals surface area contributed by atoms with E-state index in [9.17, 15) is 8.42 Å². The molecule has 2 rings (SSSR count). The monoisotopic (exact) mass is 241 g/mol. The Labute approximate surface area is 95.6 Å². The molecule has 5 heteroatoms. The normalized spacial score (nSPS) is 23.2. The zero-order chi connectivity index (χ0) is 11.6. The number of rotatable bonds is 3. The molecular weight excluding hydrogens is 226 g/mol. The Hall–Kier alpha value is -1.10. The zero-order valence-electron chi connectivity index (χ0n) is 9.22. The van der Waals surface area contributed by atoms with Gasteiger partial charge < -0.3 is 4.74 Å². The van der Waals surface area contributed by atoms with Crippen LogP contribution in [0, 0.1) is 12.8 Å². The molecule has 0 saturated carbocycles. The number of nitrogens with zero attached hydrogens (tertiary/aromatic N) is 1. The van der Waals surface area contributed by atoms with E-state index < -0.39 is 9.84 Å². The predicted octanol–water partition coefficient (Wildman–Crippen LogP) is 1.20. The van der Waals surface area contributed by atoms with Crippen molar-refractivity contribution < 1.29 is 13.2 Å². The number of aryl methyl sites for hydroxylation is 1. The Morgan fingerprint density at radius 1 is 1.50 bits per heavy atom. The molecule has 0 bridgehead atoms. The van der Waals surface area contributed by atoms with Crippen LogP contribution in [0.25, 0.3) is 0 Å². The van der Waals surface area contributed by atoms with Crippen LogP contribution in [0.4, 0.5) is 0 Å². The van der Waals surface area contributed by atoms with Gasteiger partial charge >= 0.3 is 0 Å². The molecule has 1 aliphatic rings. The summed E-state index contributed by atoms with van der Waals surface area (Å²) in [4.78, 5) is 4.20. The van der Waals surface area contributed by atoms with Crippen LogP contribution in [0.1, 0.15) is 12.1 Å². The van der Waals surface area contributed by atoms with E-state index in [1.54, 1.807) is 6.07 Å². The maximum Gasteiger partial charge on any atom is 0.213 e. The fourth-order valence-corrected chi connectivity index (χ4v) is 3.65. The lowest BCUT2D eigenvalue weighted by atomic mass is 10.1. The summed E-state index contributed by atoms with van der Waals surface area (Å²) in [5.41, 5.74) is 0.900. The predicted molar refractivity (Wildman–Crippen MR) is 61.2 cm³/mol. The second-order valence-corrected chi connectivity index (χ2v) is 6.43. The van der Waals surface area contributed by atoms with E-state index >= 15 is 0 Å². The molecule has 0 spiro atoms. The molecule has 0 amide bonds. The zero-order valence-corrected chi connectivity index (χ0v) is 10.0. The fourth-order valence-electron chi connectivity index (χ4n) is 1.81. The van der Waals surface area contributed by atoms with Crippen LogP contribution in [0.5, 0.6) is 5.88 Å². The van der Waals surface area contributed by atoms with Crippen LogP contribution in [0.15, 0.2) is 18.2 Å². The summed E-state index contributed by atoms with van der Waals surface area (Å²) >= 11 is 0. The Kier molecular flexibility index (Phi) is 3.14. The van der Waals surface area contributed by atoms with Gasteiger partial charge in [-0.25, -0.2) is 13.4 Å². The lowest BCUT2D eigenvalue weighted by Gasteiger charge is -2.09. The average molecular weight is 241 g/mol. The van der Waals surface area contributed by atoms with Crippen molar-refractivity contribution in [2.24, 2.45) is 5.92 Å². The van der Waals surface area contributed by atoms with Crippen molar-refractivity contribution in [1.82, 2.24) is 4.98 Å². The van der Waals surface area contributed by atoms with Gasteiger partial charge in [-0.15, -0.1) is 0 Å². The summed E-state index contributed by atoms with van der Waals surface area (Å²) in [5.74, 6) is 1.23. The van der Waals surface area contributed by atoms with Gasteiger partial charge in [-0.3, -0.25) is 0 Å². The molecule has 1 atom stereocenters. The highest BCUT2D eigenvalue weighted by Gasteiger charge is 2.28. The van der Waals surface area contributed by atoms with E-state index in [0.717, 1.165) is 5.69 Å². The molecule has 1 aliphatic heterocycles. The SMILES string of the molecule is Cc1cccc(OCC2CCS(=O)(=O)C2)n1. The summed E-state index contributed by atoms with van der Waals surface area (Å²) in [6.45, 7) is 2.34. The van der Waals surface area contributed by atoms with Crippen molar-refractivity contribution in [2.75, 3.05) is 18.1 Å². The highest BCUT2D eigenvalue weighted by Crippen LogP contribution is 2.19. The quantitative estimate of drug-likeness (QED) is 0.798. The standard InChI is InChI=1S/C11H15NO3S/c1-9-3-2-4-11(12-9)15-7-10-5-6-16(13,14)8-10/h2-4,10H,5-8H2,1H3. The van der Waals surface area contributed by atoms with Gasteiger partial charge in [-0.2, -0.15) is 0 Å². The molecule has 1 aromatic rings. The number of ether oxygens (including phenoxy) is 1. The van der Waals surface area contributed by atoms with E-state index in [2.05, 4.69) is 4.98 Å². The number of hydrogen-bond donors (Lipinski definition) is 0. The van der Waals surface area contributed by atoms with Crippen molar-refractivity contribution in [3.63, 3.8) is 0 Å². The summed E-state index contributed by atoms with van der Waals surface area (Å²) in [7, 11) is -2.81. The number of pyridine rings is 1. The minimum atomic E-state index is -2.81. The fraction of sp³-hybridized carbons (Fsp3) is 0.545. The van der Waals surface area contributed by atoms with E-state index in [0.29, 0.717) is 24.7 Å². The first-order chi connectivity index (χ1) is 7.55. The van der Waals surface area contributed by atoms with Crippen molar-refractivity contribution >= 4 is 9.84 Å². The molecule has 1 saturated heterocycles. The Morgan fingerprint density at radius 3 is 2.94 bits per heavy atom. The molecule has 1 aromatic heterocycles. The third kappa shape index (κ3) is 2.95. The van der Waals surface area contributed by atoms with Crippen molar-refractivity contribution in [2.45, 2.75) is 13.3 Å². The average Bonchev–Trinajstić information content (AvgIpc) is 2.56. The molecule has 0 aliphatic carbocycles. The molecule has 0 aromatic carbocycles. The number of aromatic nitrogens is 1. The van der Waals surface area contributed by atoms with Crippen molar-refractivity contribution in [1.29, 1.82) is 0 Å². The van der Waals surface area contributed by atoms with Crippen LogP contribution in [0.3, 0.4) is 0 Å². The van der Waals surface area contributed by atoms with Crippen molar-refractivity contribution in [3.8, 4) is 5.88 Å². The first kappa shape index (κ1) is 11.4. The van der Waals surface area contributed by atoms with Gasteiger partial charge in [0.1, 0.15) is 0 Å². The second kappa shape index (κ2) is 4.41. The Bertz CT molecular complexity index is 470. The van der Waals surface area contributed by atoms with Crippen molar-refractivity contribution in [3.05, 3.63) is 23.9 Å². The van der Waals surface area contributed by atoms with E-state index in [1.165, 1.54) is 0 Å². The third-order valence-corrected chi connectivity index (χ3v) is 4.49. The van der Waals surface area contributed by atoms with Gasteiger partial charge in [0.15, 0.2) is 9.84 Å². The second-order valence-electron chi connectivity index (χ2n) is 4.20. The topological polar surface area (TPSA) is 56.3 Å². The Morgan fingerprint density at radius 2 is 2.31 bits per heavy atom. The molecule has 4 nitrogen and oxygen atoms in total. The van der Waals surface area contributed by atoms with Crippen LogP contribution in [-0.2, 0) is 9.84 Å². The van der Waals surface area contributed by atoms with Crippen LogP contribution >= 0.6 is 0 Å². The maximum absolute atomic E-state index is 11.2. The summed E-state index contributed by atoms with van der Waals surface area (Å²) in [6.07, 6.45) is 0.703. The number of sulfone groups is 1. The molecule has 0 radical (unpaired) electrons. The molecule has 16 heavy (non-hydrogen) atoms. The minimum Gasteiger partial charge on any atom is -0.477 e. The van der Waals surface area contributed by atoms with Gasteiger partial charge in [-0.1, -0.05) is 6.07 Å². The van der Waals surface area contributed by atoms with Crippen LogP contribution in [-0.4, -0.2) is 31.5 Å². The van der Waals surface area contributed by atoms with Crippen LogP contribution < -0.4 is 4.74 Å². The molecular formula is C11H15NO3S. The lowest BCUT2D eigenvalue weighted by molar-refractivity contribution is 0.254. The van der Waals surface area contributed by atoms with Gasteiger partial charge in [0, 0.05) is 17.7 Å². The maximum atomic E-state index is 11.2. The first-order valence-corrected chi connectivity index (χ1v) is 7.14. The highest BCUT2D eigenvalue weighted by molar-refractivity contribution is 7.91. The minimum absolute atomic E-state index is 0.118. The van der Waals surface area contributed by atoms with E-state index in [4.69, 9.17) is 4.74 Å². The first-order valence-electron chi connectivity index (χ1n) is 5.32. The molecule has 0 N–H and O–H groups in total. The smallest absolute Gasteiger partial charge is 0.213 e. The summed E-state index contributed by atoms with van der Waals surface area (Å²) in [5, 5.41) is 0. The molecule has 88 valence electrons.